The zero-order valence-electron chi connectivity index (χ0n) is 12.8. The number of rotatable bonds is 6. The van der Waals surface area contributed by atoms with Crippen LogP contribution in [0.5, 0.6) is 0 Å². The lowest BCUT2D eigenvalue weighted by Crippen LogP contribution is -2.52. The SMILES string of the molecule is CCCNc1cncc(NCC2CN(C)CCN2C)n1. The largest absolute Gasteiger partial charge is 0.369 e. The summed E-state index contributed by atoms with van der Waals surface area (Å²) in [5, 5.41) is 6.66. The molecule has 1 aliphatic heterocycles. The van der Waals surface area contributed by atoms with Crippen molar-refractivity contribution in [1.29, 1.82) is 0 Å². The number of anilines is 2. The molecule has 1 atom stereocenters. The zero-order chi connectivity index (χ0) is 14.4. The highest BCUT2D eigenvalue weighted by atomic mass is 15.3. The summed E-state index contributed by atoms with van der Waals surface area (Å²) in [5.74, 6) is 1.68. The highest BCUT2D eigenvalue weighted by molar-refractivity contribution is 5.41. The summed E-state index contributed by atoms with van der Waals surface area (Å²) in [7, 11) is 4.36. The van der Waals surface area contributed by atoms with Gasteiger partial charge in [0.1, 0.15) is 11.6 Å². The molecule has 1 unspecified atom stereocenters. The Kier molecular flexibility index (Phi) is 5.55. The fourth-order valence-corrected chi connectivity index (χ4v) is 2.33. The topological polar surface area (TPSA) is 56.3 Å². The van der Waals surface area contributed by atoms with Crippen LogP contribution in [0.25, 0.3) is 0 Å². The van der Waals surface area contributed by atoms with E-state index in [0.717, 1.165) is 50.8 Å². The van der Waals surface area contributed by atoms with Crippen LogP contribution >= 0.6 is 0 Å². The first-order chi connectivity index (χ1) is 9.69. The van der Waals surface area contributed by atoms with Crippen LogP contribution in [-0.4, -0.2) is 72.6 Å². The van der Waals surface area contributed by atoms with Gasteiger partial charge in [-0.1, -0.05) is 6.92 Å². The van der Waals surface area contributed by atoms with Crippen LogP contribution in [0.1, 0.15) is 13.3 Å². The molecule has 0 aromatic carbocycles. The Morgan fingerprint density at radius 1 is 1.20 bits per heavy atom. The lowest BCUT2D eigenvalue weighted by Gasteiger charge is -2.37. The zero-order valence-corrected chi connectivity index (χ0v) is 12.8. The summed E-state index contributed by atoms with van der Waals surface area (Å²) in [6, 6.07) is 0.516. The number of nitrogens with zero attached hydrogens (tertiary/aromatic N) is 4. The van der Waals surface area contributed by atoms with Gasteiger partial charge in [-0.3, -0.25) is 9.88 Å². The molecule has 1 saturated heterocycles. The molecule has 6 heteroatoms. The van der Waals surface area contributed by atoms with Gasteiger partial charge >= 0.3 is 0 Å². The van der Waals surface area contributed by atoms with Crippen LogP contribution in [0, 0.1) is 0 Å². The minimum atomic E-state index is 0.516. The van der Waals surface area contributed by atoms with Crippen molar-refractivity contribution in [2.45, 2.75) is 19.4 Å². The normalized spacial score (nSPS) is 20.9. The maximum atomic E-state index is 4.52. The molecule has 0 spiro atoms. The lowest BCUT2D eigenvalue weighted by molar-refractivity contribution is 0.122. The molecule has 0 bridgehead atoms. The van der Waals surface area contributed by atoms with Crippen LogP contribution in [0.4, 0.5) is 11.6 Å². The lowest BCUT2D eigenvalue weighted by atomic mass is 10.2. The van der Waals surface area contributed by atoms with E-state index in [-0.39, 0.29) is 0 Å². The maximum absolute atomic E-state index is 4.52. The molecule has 1 aliphatic rings. The molecule has 0 amide bonds. The number of piperazine rings is 1. The Hall–Kier alpha value is -1.40. The predicted octanol–water partition coefficient (Wildman–Crippen LogP) is 0.956. The van der Waals surface area contributed by atoms with E-state index in [1.165, 1.54) is 0 Å². The first kappa shape index (κ1) is 15.0. The molecule has 20 heavy (non-hydrogen) atoms. The van der Waals surface area contributed by atoms with E-state index in [2.05, 4.69) is 51.4 Å². The number of likely N-dealkylation sites (N-methyl/N-ethyl adjacent to an activating group) is 2. The Morgan fingerprint density at radius 3 is 2.70 bits per heavy atom. The summed E-state index contributed by atoms with van der Waals surface area (Å²) in [4.78, 5) is 13.5. The van der Waals surface area contributed by atoms with Gasteiger partial charge in [-0.05, 0) is 20.5 Å². The van der Waals surface area contributed by atoms with Crippen molar-refractivity contribution in [2.75, 3.05) is 57.5 Å². The van der Waals surface area contributed by atoms with Crippen molar-refractivity contribution in [3.8, 4) is 0 Å². The van der Waals surface area contributed by atoms with Crippen molar-refractivity contribution in [2.24, 2.45) is 0 Å². The minimum Gasteiger partial charge on any atom is -0.369 e. The van der Waals surface area contributed by atoms with Gasteiger partial charge in [-0.25, -0.2) is 4.98 Å². The molecule has 1 fully saturated rings. The van der Waals surface area contributed by atoms with E-state index in [1.54, 1.807) is 12.4 Å². The van der Waals surface area contributed by atoms with Gasteiger partial charge in [0.05, 0.1) is 12.4 Å². The highest BCUT2D eigenvalue weighted by Crippen LogP contribution is 2.10. The molecule has 1 aromatic rings. The van der Waals surface area contributed by atoms with Gasteiger partial charge < -0.3 is 15.5 Å². The molecule has 6 nitrogen and oxygen atoms in total. The average molecular weight is 278 g/mol. The molecular weight excluding hydrogens is 252 g/mol. The minimum absolute atomic E-state index is 0.516. The van der Waals surface area contributed by atoms with Gasteiger partial charge in [0.2, 0.25) is 0 Å². The summed E-state index contributed by atoms with van der Waals surface area (Å²) in [6.45, 7) is 7.31. The van der Waals surface area contributed by atoms with Gasteiger partial charge in [0.25, 0.3) is 0 Å². The number of hydrogen-bond donors (Lipinski definition) is 2. The Balaban J connectivity index is 1.86. The molecule has 1 aromatic heterocycles. The predicted molar refractivity (Wildman–Crippen MR) is 83.2 cm³/mol. The van der Waals surface area contributed by atoms with E-state index in [9.17, 15) is 0 Å². The monoisotopic (exact) mass is 278 g/mol. The Morgan fingerprint density at radius 2 is 1.95 bits per heavy atom. The van der Waals surface area contributed by atoms with Crippen molar-refractivity contribution in [1.82, 2.24) is 19.8 Å². The van der Waals surface area contributed by atoms with Crippen LogP contribution in [0.3, 0.4) is 0 Å². The van der Waals surface area contributed by atoms with Crippen molar-refractivity contribution < 1.29 is 0 Å². The number of nitrogens with one attached hydrogen (secondary N) is 2. The third-order valence-corrected chi connectivity index (χ3v) is 3.69. The van der Waals surface area contributed by atoms with Crippen LogP contribution < -0.4 is 10.6 Å². The van der Waals surface area contributed by atoms with Crippen LogP contribution in [0.15, 0.2) is 12.4 Å². The molecule has 2 rings (SSSR count). The first-order valence-corrected chi connectivity index (χ1v) is 7.37. The van der Waals surface area contributed by atoms with E-state index in [0.29, 0.717) is 6.04 Å². The standard InChI is InChI=1S/C14H26N6/c1-4-5-16-13-9-15-10-14(18-13)17-8-12-11-19(2)6-7-20(12)3/h9-10,12H,4-8,11H2,1-3H3,(H2,16,17,18). The van der Waals surface area contributed by atoms with E-state index in [1.807, 2.05) is 0 Å². The summed E-state index contributed by atoms with van der Waals surface area (Å²) >= 11 is 0. The smallest absolute Gasteiger partial charge is 0.147 e. The molecule has 0 radical (unpaired) electrons. The van der Waals surface area contributed by atoms with E-state index >= 15 is 0 Å². The van der Waals surface area contributed by atoms with E-state index in [4.69, 9.17) is 0 Å². The third kappa shape index (κ3) is 4.31. The van der Waals surface area contributed by atoms with Gasteiger partial charge in [0, 0.05) is 38.8 Å². The number of aromatic nitrogens is 2. The van der Waals surface area contributed by atoms with Crippen molar-refractivity contribution in [3.05, 3.63) is 12.4 Å². The van der Waals surface area contributed by atoms with Crippen LogP contribution in [0.2, 0.25) is 0 Å². The second kappa shape index (κ2) is 7.40. The quantitative estimate of drug-likeness (QED) is 0.808. The van der Waals surface area contributed by atoms with Gasteiger partial charge in [-0.2, -0.15) is 0 Å². The molecule has 0 saturated carbocycles. The highest BCUT2D eigenvalue weighted by Gasteiger charge is 2.21. The second-order valence-electron chi connectivity index (χ2n) is 5.49. The second-order valence-corrected chi connectivity index (χ2v) is 5.49. The maximum Gasteiger partial charge on any atom is 0.147 e. The summed E-state index contributed by atoms with van der Waals surface area (Å²) in [6.07, 6.45) is 4.63. The van der Waals surface area contributed by atoms with Crippen LogP contribution in [-0.2, 0) is 0 Å². The Bertz CT molecular complexity index is 410. The molecular formula is C14H26N6. The first-order valence-electron chi connectivity index (χ1n) is 7.37. The number of hydrogen-bond acceptors (Lipinski definition) is 6. The molecule has 2 heterocycles. The molecule has 0 aliphatic carbocycles. The molecule has 112 valence electrons. The fourth-order valence-electron chi connectivity index (χ4n) is 2.33. The summed E-state index contributed by atoms with van der Waals surface area (Å²) < 4.78 is 0. The third-order valence-electron chi connectivity index (χ3n) is 3.69. The average Bonchev–Trinajstić information content (AvgIpc) is 2.46. The molecule has 2 N–H and O–H groups in total. The van der Waals surface area contributed by atoms with Crippen molar-refractivity contribution in [3.63, 3.8) is 0 Å². The summed E-state index contributed by atoms with van der Waals surface area (Å²) in [5.41, 5.74) is 0. The van der Waals surface area contributed by atoms with Gasteiger partial charge in [-0.15, -0.1) is 0 Å². The van der Waals surface area contributed by atoms with Gasteiger partial charge in [0.15, 0.2) is 0 Å². The Labute approximate surface area is 121 Å². The van der Waals surface area contributed by atoms with E-state index < -0.39 is 0 Å². The fraction of sp³-hybridized carbons (Fsp3) is 0.714. The van der Waals surface area contributed by atoms with Crippen molar-refractivity contribution >= 4 is 11.6 Å².